The zero-order chi connectivity index (χ0) is 9.78. The molecule has 0 aromatic carbocycles. The molecule has 0 unspecified atom stereocenters. The molecule has 0 fully saturated rings. The van der Waals surface area contributed by atoms with Crippen LogP contribution in [0.15, 0.2) is 0 Å². The van der Waals surface area contributed by atoms with E-state index in [2.05, 4.69) is 22.9 Å². The van der Waals surface area contributed by atoms with Gasteiger partial charge in [0.15, 0.2) is 0 Å². The van der Waals surface area contributed by atoms with Crippen molar-refractivity contribution in [2.45, 2.75) is 71.1 Å². The van der Waals surface area contributed by atoms with Crippen molar-refractivity contribution < 1.29 is 19.5 Å². The Labute approximate surface area is 112 Å². The molecule has 0 atom stereocenters. The Bertz CT molecular complexity index is 76.4. The number of rotatable bonds is 10. The summed E-state index contributed by atoms with van der Waals surface area (Å²) in [5.74, 6) is 0. The van der Waals surface area contributed by atoms with Crippen LogP contribution in [0.2, 0.25) is 0 Å². The summed E-state index contributed by atoms with van der Waals surface area (Å²) in [6.45, 7) is 2.28. The third-order valence-corrected chi connectivity index (χ3v) is 3.05. The minimum absolute atomic E-state index is 0. The summed E-state index contributed by atoms with van der Waals surface area (Å²) in [5.41, 5.74) is 0. The molecule has 0 saturated heterocycles. The predicted octanol–water partition coefficient (Wildman–Crippen LogP) is 5.30. The van der Waals surface area contributed by atoms with Crippen LogP contribution in [0.1, 0.15) is 71.1 Å². The molecule has 0 aliphatic heterocycles. The fourth-order valence-corrected chi connectivity index (χ4v) is 1.98. The van der Waals surface area contributed by atoms with E-state index < -0.39 is 0 Å². The van der Waals surface area contributed by atoms with Gasteiger partial charge in [-0.1, -0.05) is 80.6 Å². The van der Waals surface area contributed by atoms with Crippen LogP contribution in [-0.2, 0) is 19.5 Å². The van der Waals surface area contributed by atoms with Gasteiger partial charge in [-0.3, -0.25) is 0 Å². The molecule has 0 aliphatic rings. The topological polar surface area (TPSA) is 0 Å². The Balaban J connectivity index is 0. The van der Waals surface area contributed by atoms with Gasteiger partial charge in [0.25, 0.3) is 0 Å². The predicted molar refractivity (Wildman–Crippen MR) is 65.6 cm³/mol. The van der Waals surface area contributed by atoms with Gasteiger partial charge in [0.1, 0.15) is 0 Å². The molecule has 14 heavy (non-hydrogen) atoms. The van der Waals surface area contributed by atoms with E-state index >= 15 is 0 Å². The molecule has 0 amide bonds. The molecule has 0 saturated carbocycles. The van der Waals surface area contributed by atoms with Crippen molar-refractivity contribution in [1.82, 2.24) is 0 Å². The van der Waals surface area contributed by atoms with Crippen LogP contribution >= 0.6 is 15.9 Å². The molecule has 0 bridgehead atoms. The average Bonchev–Trinajstić information content (AvgIpc) is 2.16. The summed E-state index contributed by atoms with van der Waals surface area (Å²) in [4.78, 5) is 0. The van der Waals surface area contributed by atoms with Crippen LogP contribution < -0.4 is 0 Å². The fourth-order valence-electron chi connectivity index (χ4n) is 1.58. The Morgan fingerprint density at radius 2 is 1.00 bits per heavy atom. The zero-order valence-corrected chi connectivity index (χ0v) is 14.4. The Hall–Kier alpha value is 1.10. The standard InChI is InChI=1S/C12H25Br.Zn/c1-2-3-4-5-6-7-8-9-10-11-12-13;/h2-12H2,1H3;. The number of hydrogen-bond acceptors (Lipinski definition) is 0. The van der Waals surface area contributed by atoms with Gasteiger partial charge >= 0.3 is 0 Å². The van der Waals surface area contributed by atoms with Crippen LogP contribution in [0, 0.1) is 0 Å². The number of unbranched alkanes of at least 4 members (excludes halogenated alkanes) is 9. The third kappa shape index (κ3) is 15.6. The summed E-state index contributed by atoms with van der Waals surface area (Å²) in [7, 11) is 0. The van der Waals surface area contributed by atoms with E-state index in [0.29, 0.717) is 0 Å². The number of alkyl halides is 1. The van der Waals surface area contributed by atoms with Crippen LogP contribution in [-0.4, -0.2) is 5.33 Å². The van der Waals surface area contributed by atoms with Crippen LogP contribution in [0.4, 0.5) is 0 Å². The summed E-state index contributed by atoms with van der Waals surface area (Å²) in [5, 5.41) is 1.18. The molecule has 0 aliphatic carbocycles. The summed E-state index contributed by atoms with van der Waals surface area (Å²) < 4.78 is 0. The van der Waals surface area contributed by atoms with Gasteiger partial charge in [0.05, 0.1) is 0 Å². The molecule has 0 aromatic heterocycles. The van der Waals surface area contributed by atoms with Crippen molar-refractivity contribution in [3.05, 3.63) is 0 Å². The first-order chi connectivity index (χ1) is 6.41. The molecule has 82 valence electrons. The average molecular weight is 315 g/mol. The summed E-state index contributed by atoms with van der Waals surface area (Å²) in [6.07, 6.45) is 14.3. The van der Waals surface area contributed by atoms with E-state index in [9.17, 15) is 0 Å². The zero-order valence-electron chi connectivity index (χ0n) is 9.86. The van der Waals surface area contributed by atoms with E-state index in [1.807, 2.05) is 0 Å². The van der Waals surface area contributed by atoms with Gasteiger partial charge in [0, 0.05) is 24.8 Å². The van der Waals surface area contributed by atoms with Crippen molar-refractivity contribution in [1.29, 1.82) is 0 Å². The molecule has 0 nitrogen and oxygen atoms in total. The van der Waals surface area contributed by atoms with Gasteiger partial charge in [0.2, 0.25) is 0 Å². The van der Waals surface area contributed by atoms with E-state index in [1.165, 1.54) is 69.5 Å². The van der Waals surface area contributed by atoms with Crippen LogP contribution in [0.5, 0.6) is 0 Å². The second-order valence-electron chi connectivity index (χ2n) is 3.87. The monoisotopic (exact) mass is 312 g/mol. The van der Waals surface area contributed by atoms with E-state index in [0.717, 1.165) is 0 Å². The first-order valence-corrected chi connectivity index (χ1v) is 7.10. The second-order valence-corrected chi connectivity index (χ2v) is 4.66. The van der Waals surface area contributed by atoms with Crippen molar-refractivity contribution in [2.75, 3.05) is 5.33 Å². The van der Waals surface area contributed by atoms with E-state index in [1.54, 1.807) is 0 Å². The first-order valence-electron chi connectivity index (χ1n) is 5.97. The maximum Gasteiger partial charge on any atom is 0.00313 e. The largest absolute Gasteiger partial charge is 0.0928 e. The van der Waals surface area contributed by atoms with E-state index in [-0.39, 0.29) is 19.5 Å². The molecule has 0 aromatic rings. The van der Waals surface area contributed by atoms with Crippen molar-refractivity contribution in [2.24, 2.45) is 0 Å². The quantitative estimate of drug-likeness (QED) is 0.291. The van der Waals surface area contributed by atoms with Gasteiger partial charge in [-0.15, -0.1) is 0 Å². The van der Waals surface area contributed by atoms with Crippen molar-refractivity contribution in [3.63, 3.8) is 0 Å². The van der Waals surface area contributed by atoms with E-state index in [4.69, 9.17) is 0 Å². The SMILES string of the molecule is CCCCCCCCCCCCBr.[Zn]. The molecule has 0 rings (SSSR count). The van der Waals surface area contributed by atoms with Crippen molar-refractivity contribution >= 4 is 15.9 Å². The maximum absolute atomic E-state index is 3.46. The van der Waals surface area contributed by atoms with Gasteiger partial charge in [-0.2, -0.15) is 0 Å². The van der Waals surface area contributed by atoms with Crippen LogP contribution in [0.3, 0.4) is 0 Å². The van der Waals surface area contributed by atoms with Crippen molar-refractivity contribution in [3.8, 4) is 0 Å². The smallest absolute Gasteiger partial charge is 0.00313 e. The van der Waals surface area contributed by atoms with Crippen LogP contribution in [0.25, 0.3) is 0 Å². The fraction of sp³-hybridized carbons (Fsp3) is 1.00. The Morgan fingerprint density at radius 1 is 0.643 bits per heavy atom. The molecule has 0 heterocycles. The third-order valence-electron chi connectivity index (χ3n) is 2.49. The number of halogens is 1. The number of hydrogen-bond donors (Lipinski definition) is 0. The molecule has 2 heteroatoms. The molecule has 0 radical (unpaired) electrons. The molecule has 0 N–H and O–H groups in total. The van der Waals surface area contributed by atoms with Gasteiger partial charge < -0.3 is 0 Å². The van der Waals surface area contributed by atoms with Gasteiger partial charge in [-0.05, 0) is 6.42 Å². The molecular weight excluding hydrogens is 289 g/mol. The summed E-state index contributed by atoms with van der Waals surface area (Å²) in [6, 6.07) is 0. The normalized spacial score (nSPS) is 9.86. The molecular formula is C12H25BrZn. The minimum atomic E-state index is 0. The maximum atomic E-state index is 3.46. The summed E-state index contributed by atoms with van der Waals surface area (Å²) >= 11 is 3.46. The first kappa shape index (κ1) is 17.5. The Morgan fingerprint density at radius 3 is 1.36 bits per heavy atom. The second kappa shape index (κ2) is 16.5. The van der Waals surface area contributed by atoms with Gasteiger partial charge in [-0.25, -0.2) is 0 Å². The molecule has 0 spiro atoms. The Kier molecular flexibility index (Phi) is 20.7. The minimum Gasteiger partial charge on any atom is -0.0928 e.